The third-order valence-electron chi connectivity index (χ3n) is 29.6. The van der Waals surface area contributed by atoms with Gasteiger partial charge in [0.05, 0.1) is 89.0 Å². The molecular weight excluding hydrogens is 1550 g/mol. The lowest BCUT2D eigenvalue weighted by Gasteiger charge is -2.46. The molecular formula is C89H132O30. The quantitative estimate of drug-likeness (QED) is 0.0908. The smallest absolute Gasteiger partial charge is 0.350 e. The molecule has 0 aromatic rings. The van der Waals surface area contributed by atoms with Crippen LogP contribution in [0.3, 0.4) is 0 Å². The molecule has 11 heterocycles. The van der Waals surface area contributed by atoms with E-state index in [1.807, 2.05) is 111 Å². The Kier molecular flexibility index (Phi) is 27.5. The van der Waals surface area contributed by atoms with Gasteiger partial charge in [-0.05, 0) is 224 Å². The molecule has 0 amide bonds. The number of cyclic esters (lactones) is 1. The van der Waals surface area contributed by atoms with Crippen LogP contribution in [-0.4, -0.2) is 195 Å². The molecule has 11 saturated heterocycles. The molecule has 0 aromatic carbocycles. The molecule has 119 heavy (non-hydrogen) atoms. The fourth-order valence-electron chi connectivity index (χ4n) is 19.7. The summed E-state index contributed by atoms with van der Waals surface area (Å²) >= 11 is 0. The molecule has 10 bridgehead atoms. The fourth-order valence-corrected chi connectivity index (χ4v) is 19.7. The second-order valence-corrected chi connectivity index (χ2v) is 40.2. The predicted molar refractivity (Wildman–Crippen MR) is 416 cm³/mol. The highest BCUT2D eigenvalue weighted by molar-refractivity contribution is 5.88. The molecule has 27 unspecified atom stereocenters. The topological polar surface area (TPSA) is 379 Å². The number of esters is 13. The van der Waals surface area contributed by atoms with Gasteiger partial charge in [0.15, 0.2) is 36.5 Å². The summed E-state index contributed by atoms with van der Waals surface area (Å²) in [5, 5.41) is 0. The normalized spacial score (nSPS) is 37.6. The van der Waals surface area contributed by atoms with Gasteiger partial charge in [0.2, 0.25) is 12.2 Å². The third-order valence-corrected chi connectivity index (χ3v) is 29.6. The highest BCUT2D eigenvalue weighted by Gasteiger charge is 2.71. The summed E-state index contributed by atoms with van der Waals surface area (Å²) in [6.45, 7) is 38.1. The maximum atomic E-state index is 12.4. The first-order valence-electron chi connectivity index (χ1n) is 43.7. The molecule has 18 aliphatic rings. The zero-order chi connectivity index (χ0) is 87.7. The van der Waals surface area contributed by atoms with Gasteiger partial charge in [0.1, 0.15) is 42.2 Å². The van der Waals surface area contributed by atoms with Crippen LogP contribution >= 0.6 is 0 Å². The molecule has 30 nitrogen and oxygen atoms in total. The summed E-state index contributed by atoms with van der Waals surface area (Å²) in [6.07, 6.45) is 10.1. The Labute approximate surface area is 699 Å². The molecule has 7 saturated carbocycles. The van der Waals surface area contributed by atoms with E-state index in [0.717, 1.165) is 63.9 Å². The Morgan fingerprint density at radius 3 is 1.54 bits per heavy atom. The molecule has 7 aliphatic carbocycles. The summed E-state index contributed by atoms with van der Waals surface area (Å²) in [7, 11) is 2.73. The van der Waals surface area contributed by atoms with Crippen LogP contribution in [0.1, 0.15) is 260 Å². The third kappa shape index (κ3) is 18.8. The standard InChI is InChI=1S/C16H22O6.C16H24O4.C15H22O7.C13H18O5.C13H20O4.C9H12O2.C7H14O2/c1-5-16(2,3)15(19)22-12-7-6-8-10(9(7)13(17)20-4)14(18)21-11(8)12;1-4-15(2,3)14(18)20-16-7-10-5-11(8-16)13(17)19-12(6-10)9-16;1-6-14(2,3)13(17)20-9-7-8(18-11(9)16)10-12(19-7)22-15(4,5)21-10;1-4-13(2,3)12(15)18-9-7-5-6-8(16-7)10(9)17-11(6)14;1-4-13(2,3)12(15)17-10-8-6-5-7-9(8)16-11(10)14;10-9-8-6-2-1-5(3-6)7(8)4-11-9;1-5-7(2,3)6(8)9-4/h7-12H,5-6H2,1-4H3;10-12H,4-9H2,1-3H3;7-10,12H,6H2,1-5H3;6-10H,4-5H2,1-3H3;8-10H,4-7H2,1-3H3;5-8H,1-4H2;5H2,1-4H3. The first-order valence-corrected chi connectivity index (χ1v) is 43.7. The Morgan fingerprint density at radius 2 is 0.958 bits per heavy atom. The lowest BCUT2D eigenvalue weighted by Crippen LogP contribution is -2.49. The van der Waals surface area contributed by atoms with Gasteiger partial charge >= 0.3 is 77.6 Å². The first kappa shape index (κ1) is 92.7. The minimum atomic E-state index is -1.07. The van der Waals surface area contributed by atoms with Crippen molar-refractivity contribution >= 4 is 77.6 Å². The monoisotopic (exact) mass is 1680 g/mol. The van der Waals surface area contributed by atoms with Gasteiger partial charge in [-0.1, -0.05) is 41.5 Å². The Bertz CT molecular complexity index is 3830. The maximum Gasteiger partial charge on any atom is 0.350 e. The van der Waals surface area contributed by atoms with Crippen molar-refractivity contribution in [1.29, 1.82) is 0 Å². The molecule has 18 rings (SSSR count). The van der Waals surface area contributed by atoms with Gasteiger partial charge in [-0.3, -0.25) is 52.7 Å². The van der Waals surface area contributed by atoms with E-state index in [2.05, 4.69) is 4.74 Å². The van der Waals surface area contributed by atoms with Crippen LogP contribution in [0.4, 0.5) is 0 Å². The van der Waals surface area contributed by atoms with Gasteiger partial charge in [0, 0.05) is 36.5 Å². The predicted octanol–water partition coefficient (Wildman–Crippen LogP) is 11.2. The lowest BCUT2D eigenvalue weighted by atomic mass is 9.65. The van der Waals surface area contributed by atoms with Crippen LogP contribution < -0.4 is 0 Å². The number of ether oxygens (including phenoxy) is 17. The summed E-state index contributed by atoms with van der Waals surface area (Å²) < 4.78 is 91.8. The number of methoxy groups -OCH3 is 2. The Balaban J connectivity index is 0.000000138. The number of hydrogen-bond acceptors (Lipinski definition) is 30. The van der Waals surface area contributed by atoms with E-state index in [9.17, 15) is 62.3 Å². The van der Waals surface area contributed by atoms with E-state index in [0.29, 0.717) is 75.0 Å². The van der Waals surface area contributed by atoms with E-state index in [-0.39, 0.29) is 119 Å². The average Bonchev–Trinajstić information content (AvgIpc) is 1.58. The second kappa shape index (κ2) is 35.3. The molecule has 0 spiro atoms. The van der Waals surface area contributed by atoms with Crippen molar-refractivity contribution in [2.75, 3.05) is 20.8 Å². The van der Waals surface area contributed by atoms with Crippen molar-refractivity contribution in [3.8, 4) is 0 Å². The number of carbonyl (C=O) groups is 13. The minimum Gasteiger partial charge on any atom is -0.469 e. The van der Waals surface area contributed by atoms with Gasteiger partial charge in [-0.2, -0.15) is 0 Å². The molecule has 11 aliphatic heterocycles. The minimum absolute atomic E-state index is 0.0231. The van der Waals surface area contributed by atoms with E-state index in [1.54, 1.807) is 27.7 Å². The van der Waals surface area contributed by atoms with Crippen molar-refractivity contribution in [2.45, 2.75) is 358 Å². The van der Waals surface area contributed by atoms with Crippen LogP contribution in [0.5, 0.6) is 0 Å². The number of fused-ring (bicyclic) bond motifs is 12. The van der Waals surface area contributed by atoms with E-state index in [4.69, 9.17) is 75.8 Å². The molecule has 0 aromatic heterocycles. The summed E-state index contributed by atoms with van der Waals surface area (Å²) in [5.74, 6) is -2.68. The van der Waals surface area contributed by atoms with Gasteiger partial charge < -0.3 is 80.5 Å². The van der Waals surface area contributed by atoms with Crippen LogP contribution in [0.15, 0.2) is 0 Å². The zero-order valence-electron chi connectivity index (χ0n) is 73.9. The summed E-state index contributed by atoms with van der Waals surface area (Å²) in [5.41, 5.74) is -3.52. The van der Waals surface area contributed by atoms with Crippen LogP contribution in [0, 0.1) is 104 Å². The highest BCUT2D eigenvalue weighted by atomic mass is 16.9. The van der Waals surface area contributed by atoms with Crippen LogP contribution in [0.25, 0.3) is 0 Å². The van der Waals surface area contributed by atoms with Crippen molar-refractivity contribution in [3.05, 3.63) is 0 Å². The van der Waals surface area contributed by atoms with Gasteiger partial charge in [-0.25, -0.2) is 9.59 Å². The summed E-state index contributed by atoms with van der Waals surface area (Å²) in [4.78, 5) is 154. The van der Waals surface area contributed by atoms with Crippen molar-refractivity contribution in [1.82, 2.24) is 0 Å². The highest BCUT2D eigenvalue weighted by Crippen LogP contribution is 2.60. The second-order valence-electron chi connectivity index (χ2n) is 40.2. The van der Waals surface area contributed by atoms with E-state index in [1.165, 1.54) is 33.5 Å². The SMILES string of the molecule is CCC(C)(C)C(=O)OC.CCC(C)(C)C(=O)OC12CC3CC(C1)OC(=O)C(C3)C2.CCC(C)(C)C(=O)OC1C(=O)OC2C3OC(C)(C)OC3OC12.CCC(C)(C)C(=O)OC1C(=O)OC2CCCC21.CCC(C)(C)C(=O)OC1C2CC3C(=O)OC1C3O2.CCC(C)(C)C(=O)OC1C2CC3C1OC(=O)C3C2C(=O)OC.O=C1OCC2C3CCC(C3)C12. The average molecular weight is 1680 g/mol. The van der Waals surface area contributed by atoms with Crippen LogP contribution in [0.2, 0.25) is 0 Å². The maximum absolute atomic E-state index is 12.4. The lowest BCUT2D eigenvalue weighted by molar-refractivity contribution is -0.217. The number of hydrogen-bond donors (Lipinski definition) is 0. The van der Waals surface area contributed by atoms with E-state index >= 15 is 0 Å². The van der Waals surface area contributed by atoms with Gasteiger partial charge in [0.25, 0.3) is 0 Å². The number of carbonyl (C=O) groups excluding carboxylic acids is 13. The zero-order valence-corrected chi connectivity index (χ0v) is 73.9. The molecule has 30 heteroatoms. The largest absolute Gasteiger partial charge is 0.469 e. The molecule has 668 valence electrons. The summed E-state index contributed by atoms with van der Waals surface area (Å²) in [6, 6.07) is 0. The van der Waals surface area contributed by atoms with E-state index < -0.39 is 129 Å². The Morgan fingerprint density at radius 1 is 0.412 bits per heavy atom. The number of rotatable bonds is 18. The molecule has 27 atom stereocenters. The molecule has 0 N–H and O–H groups in total. The molecule has 0 radical (unpaired) electrons. The fraction of sp³-hybridized carbons (Fsp3) is 0.854. The Hall–Kier alpha value is -7.05. The first-order chi connectivity index (χ1) is 55.6. The van der Waals surface area contributed by atoms with Crippen molar-refractivity contribution < 1.29 is 143 Å². The van der Waals surface area contributed by atoms with Crippen molar-refractivity contribution in [2.24, 2.45) is 104 Å². The molecule has 18 fully saturated rings. The van der Waals surface area contributed by atoms with Crippen LogP contribution in [-0.2, 0) is 143 Å². The van der Waals surface area contributed by atoms with Crippen molar-refractivity contribution in [3.63, 3.8) is 0 Å². The van der Waals surface area contributed by atoms with Gasteiger partial charge in [-0.15, -0.1) is 0 Å².